The zero-order valence-corrected chi connectivity index (χ0v) is 13.6. The molecule has 128 valence electrons. The fraction of sp³-hybridized carbons (Fsp3) is 0.188. The largest absolute Gasteiger partial charge is 0.480 e. The van der Waals surface area contributed by atoms with E-state index < -0.39 is 24.2 Å². The van der Waals surface area contributed by atoms with Crippen molar-refractivity contribution in [2.75, 3.05) is 13.6 Å². The SMILES string of the molecule is CN(CC(=O)O)C(=O)n1c(=O)n(C)c2nc(-c3ccccc3)ncc21. The summed E-state index contributed by atoms with van der Waals surface area (Å²) in [4.78, 5) is 45.2. The molecule has 0 fully saturated rings. The molecule has 3 rings (SSSR count). The number of imidazole rings is 1. The van der Waals surface area contributed by atoms with Gasteiger partial charge < -0.3 is 10.0 Å². The third-order valence-electron chi connectivity index (χ3n) is 3.71. The molecule has 1 N–H and O–H groups in total. The highest BCUT2D eigenvalue weighted by molar-refractivity contribution is 5.89. The number of carbonyl (C=O) groups is 2. The molecule has 2 aromatic heterocycles. The Bertz CT molecular complexity index is 1020. The fourth-order valence-electron chi connectivity index (χ4n) is 2.47. The van der Waals surface area contributed by atoms with Gasteiger partial charge in [-0.3, -0.25) is 9.36 Å². The maximum absolute atomic E-state index is 12.4. The van der Waals surface area contributed by atoms with Gasteiger partial charge in [0.15, 0.2) is 11.5 Å². The zero-order chi connectivity index (χ0) is 18.1. The number of amides is 1. The summed E-state index contributed by atoms with van der Waals surface area (Å²) in [5.74, 6) is -0.751. The van der Waals surface area contributed by atoms with Gasteiger partial charge >= 0.3 is 17.7 Å². The van der Waals surface area contributed by atoms with Crippen molar-refractivity contribution in [3.05, 3.63) is 47.0 Å². The Balaban J connectivity index is 2.13. The van der Waals surface area contributed by atoms with Crippen molar-refractivity contribution in [1.29, 1.82) is 0 Å². The highest BCUT2D eigenvalue weighted by Gasteiger charge is 2.22. The van der Waals surface area contributed by atoms with Crippen molar-refractivity contribution in [3.8, 4) is 11.4 Å². The summed E-state index contributed by atoms with van der Waals surface area (Å²) in [7, 11) is 2.80. The summed E-state index contributed by atoms with van der Waals surface area (Å²) < 4.78 is 2.10. The number of rotatable bonds is 3. The summed E-state index contributed by atoms with van der Waals surface area (Å²) in [6, 6.07) is 8.47. The van der Waals surface area contributed by atoms with Crippen LogP contribution < -0.4 is 5.69 Å². The molecule has 0 unspecified atom stereocenters. The van der Waals surface area contributed by atoms with E-state index in [2.05, 4.69) is 9.97 Å². The predicted molar refractivity (Wildman–Crippen MR) is 89.3 cm³/mol. The molecular weight excluding hydrogens is 326 g/mol. The van der Waals surface area contributed by atoms with E-state index >= 15 is 0 Å². The van der Waals surface area contributed by atoms with Crippen LogP contribution in [0.15, 0.2) is 41.3 Å². The van der Waals surface area contributed by atoms with Crippen molar-refractivity contribution in [2.45, 2.75) is 0 Å². The lowest BCUT2D eigenvalue weighted by atomic mass is 10.2. The second-order valence-electron chi connectivity index (χ2n) is 5.48. The van der Waals surface area contributed by atoms with Gasteiger partial charge in [0.05, 0.1) is 6.20 Å². The maximum Gasteiger partial charge on any atom is 0.338 e. The average molecular weight is 341 g/mol. The number of hydrogen-bond donors (Lipinski definition) is 1. The molecular formula is C16H15N5O4. The van der Waals surface area contributed by atoms with E-state index in [0.717, 1.165) is 15.0 Å². The molecule has 0 radical (unpaired) electrons. The highest BCUT2D eigenvalue weighted by Crippen LogP contribution is 2.17. The van der Waals surface area contributed by atoms with Gasteiger partial charge in [-0.05, 0) is 0 Å². The van der Waals surface area contributed by atoms with Crippen LogP contribution in [0, 0.1) is 0 Å². The Kier molecular flexibility index (Phi) is 4.05. The van der Waals surface area contributed by atoms with Crippen LogP contribution in [0.4, 0.5) is 4.79 Å². The molecule has 0 bridgehead atoms. The topological polar surface area (TPSA) is 110 Å². The molecule has 9 nitrogen and oxygen atoms in total. The Labute approximate surface area is 141 Å². The molecule has 9 heteroatoms. The molecule has 1 amide bonds. The third kappa shape index (κ3) is 2.87. The lowest BCUT2D eigenvalue weighted by Crippen LogP contribution is -2.40. The number of nitrogens with zero attached hydrogens (tertiary/aromatic N) is 5. The van der Waals surface area contributed by atoms with Crippen molar-refractivity contribution in [1.82, 2.24) is 24.0 Å². The lowest BCUT2D eigenvalue weighted by Gasteiger charge is -2.14. The molecule has 0 spiro atoms. The van der Waals surface area contributed by atoms with Crippen LogP contribution in [-0.2, 0) is 11.8 Å². The molecule has 25 heavy (non-hydrogen) atoms. The van der Waals surface area contributed by atoms with Gasteiger partial charge in [0.2, 0.25) is 0 Å². The Morgan fingerprint density at radius 1 is 1.24 bits per heavy atom. The van der Waals surface area contributed by atoms with Gasteiger partial charge in [-0.25, -0.2) is 24.1 Å². The van der Waals surface area contributed by atoms with Gasteiger partial charge in [-0.1, -0.05) is 30.3 Å². The maximum atomic E-state index is 12.4. The van der Waals surface area contributed by atoms with E-state index in [4.69, 9.17) is 5.11 Å². The molecule has 1 aromatic carbocycles. The number of carboxylic acid groups (broad SMARTS) is 1. The first-order valence-electron chi connectivity index (χ1n) is 7.37. The summed E-state index contributed by atoms with van der Waals surface area (Å²) in [6.45, 7) is -0.523. The van der Waals surface area contributed by atoms with Crippen molar-refractivity contribution >= 4 is 23.2 Å². The van der Waals surface area contributed by atoms with Gasteiger partial charge in [0, 0.05) is 19.7 Å². The summed E-state index contributed by atoms with van der Waals surface area (Å²) in [5.41, 5.74) is 0.668. The Hall–Kier alpha value is -3.49. The van der Waals surface area contributed by atoms with Crippen LogP contribution in [-0.4, -0.2) is 54.7 Å². The Morgan fingerprint density at radius 3 is 2.56 bits per heavy atom. The fourth-order valence-corrected chi connectivity index (χ4v) is 2.47. The smallest absolute Gasteiger partial charge is 0.338 e. The summed E-state index contributed by atoms with van der Waals surface area (Å²) in [6.07, 6.45) is 1.39. The van der Waals surface area contributed by atoms with Gasteiger partial charge in [-0.15, -0.1) is 0 Å². The van der Waals surface area contributed by atoms with E-state index in [1.165, 1.54) is 24.9 Å². The number of aromatic nitrogens is 4. The van der Waals surface area contributed by atoms with E-state index in [1.807, 2.05) is 30.3 Å². The predicted octanol–water partition coefficient (Wildman–Crippen LogP) is 0.781. The van der Waals surface area contributed by atoms with Crippen LogP contribution >= 0.6 is 0 Å². The number of hydrogen-bond acceptors (Lipinski definition) is 5. The minimum absolute atomic E-state index is 0.217. The Morgan fingerprint density at radius 2 is 1.92 bits per heavy atom. The summed E-state index contributed by atoms with van der Waals surface area (Å²) >= 11 is 0. The number of likely N-dealkylation sites (N-methyl/N-ethyl adjacent to an activating group) is 1. The zero-order valence-electron chi connectivity index (χ0n) is 13.6. The highest BCUT2D eigenvalue weighted by atomic mass is 16.4. The van der Waals surface area contributed by atoms with Crippen LogP contribution in [0.1, 0.15) is 0 Å². The first kappa shape index (κ1) is 16.4. The van der Waals surface area contributed by atoms with Crippen LogP contribution in [0.2, 0.25) is 0 Å². The number of fused-ring (bicyclic) bond motifs is 1. The van der Waals surface area contributed by atoms with E-state index in [1.54, 1.807) is 0 Å². The van der Waals surface area contributed by atoms with Crippen molar-refractivity contribution in [2.24, 2.45) is 7.05 Å². The molecule has 0 aliphatic carbocycles. The van der Waals surface area contributed by atoms with E-state index in [0.29, 0.717) is 5.82 Å². The molecule has 2 heterocycles. The summed E-state index contributed by atoms with van der Waals surface area (Å²) in [5, 5.41) is 8.82. The minimum Gasteiger partial charge on any atom is -0.480 e. The monoisotopic (exact) mass is 341 g/mol. The average Bonchev–Trinajstić information content (AvgIpc) is 2.85. The van der Waals surface area contributed by atoms with Crippen molar-refractivity contribution < 1.29 is 14.7 Å². The number of aryl methyl sites for hydroxylation is 1. The first-order valence-corrected chi connectivity index (χ1v) is 7.37. The van der Waals surface area contributed by atoms with E-state index in [9.17, 15) is 14.4 Å². The number of carboxylic acids is 1. The van der Waals surface area contributed by atoms with Crippen LogP contribution in [0.25, 0.3) is 22.6 Å². The second-order valence-corrected chi connectivity index (χ2v) is 5.48. The quantitative estimate of drug-likeness (QED) is 0.754. The molecule has 0 aliphatic heterocycles. The third-order valence-corrected chi connectivity index (χ3v) is 3.71. The number of aliphatic carboxylic acids is 1. The molecule has 0 saturated carbocycles. The second kappa shape index (κ2) is 6.19. The first-order chi connectivity index (χ1) is 11.9. The van der Waals surface area contributed by atoms with Crippen molar-refractivity contribution in [3.63, 3.8) is 0 Å². The molecule has 0 saturated heterocycles. The van der Waals surface area contributed by atoms with Crippen LogP contribution in [0.5, 0.6) is 0 Å². The minimum atomic E-state index is -1.17. The van der Waals surface area contributed by atoms with Gasteiger partial charge in [0.1, 0.15) is 12.1 Å². The lowest BCUT2D eigenvalue weighted by molar-refractivity contribution is -0.137. The van der Waals surface area contributed by atoms with Crippen LogP contribution in [0.3, 0.4) is 0 Å². The van der Waals surface area contributed by atoms with Gasteiger partial charge in [-0.2, -0.15) is 0 Å². The normalized spacial score (nSPS) is 10.8. The van der Waals surface area contributed by atoms with Gasteiger partial charge in [0.25, 0.3) is 0 Å². The standard InChI is InChI=1S/C16H15N5O4/c1-19(9-12(22)23)15(24)21-11-8-17-13(10-6-4-3-5-7-10)18-14(11)20(2)16(21)25/h3-8H,9H2,1-2H3,(H,22,23). The van der Waals surface area contributed by atoms with E-state index in [-0.39, 0.29) is 11.2 Å². The molecule has 3 aromatic rings. The molecule has 0 atom stereocenters. The number of carbonyl (C=O) groups excluding carboxylic acids is 1. The molecule has 0 aliphatic rings. The number of benzene rings is 1.